The predicted molar refractivity (Wildman–Crippen MR) is 97.7 cm³/mol. The summed E-state index contributed by atoms with van der Waals surface area (Å²) < 4.78 is 0. The molecule has 2 aromatic rings. The molecule has 0 saturated carbocycles. The molecule has 3 rings (SSSR count). The van der Waals surface area contributed by atoms with Crippen LogP contribution >= 0.6 is 0 Å². The van der Waals surface area contributed by atoms with Crippen LogP contribution in [0.25, 0.3) is 0 Å². The van der Waals surface area contributed by atoms with E-state index in [1.165, 1.54) is 30.8 Å². The molecule has 1 saturated heterocycles. The zero-order valence-corrected chi connectivity index (χ0v) is 14.6. The third-order valence-corrected chi connectivity index (χ3v) is 4.63. The zero-order valence-electron chi connectivity index (χ0n) is 14.6. The number of nitrogen functional groups attached to an aromatic ring is 1. The van der Waals surface area contributed by atoms with Crippen LogP contribution in [0.4, 0.5) is 5.82 Å². The van der Waals surface area contributed by atoms with Gasteiger partial charge in [-0.15, -0.1) is 0 Å². The highest BCUT2D eigenvalue weighted by Gasteiger charge is 2.18. The first-order chi connectivity index (χ1) is 12.1. The van der Waals surface area contributed by atoms with Crippen molar-refractivity contribution in [1.29, 1.82) is 0 Å². The molecule has 0 spiro atoms. The molecule has 0 radical (unpaired) electrons. The van der Waals surface area contributed by atoms with E-state index in [2.05, 4.69) is 45.3 Å². The van der Waals surface area contributed by atoms with Gasteiger partial charge in [-0.05, 0) is 36.4 Å². The molecule has 0 bridgehead atoms. The van der Waals surface area contributed by atoms with Crippen LogP contribution in [-0.2, 0) is 13.1 Å². The molecule has 25 heavy (non-hydrogen) atoms. The van der Waals surface area contributed by atoms with Crippen LogP contribution in [0.15, 0.2) is 36.7 Å². The summed E-state index contributed by atoms with van der Waals surface area (Å²) in [6.07, 6.45) is 5.51. The molecule has 6 nitrogen and oxygen atoms in total. The fourth-order valence-corrected chi connectivity index (χ4v) is 3.34. The number of amides is 1. The summed E-state index contributed by atoms with van der Waals surface area (Å²) in [5, 5.41) is 2.90. The molecule has 3 N–H and O–H groups in total. The van der Waals surface area contributed by atoms with Crippen LogP contribution in [0.1, 0.15) is 41.4 Å². The summed E-state index contributed by atoms with van der Waals surface area (Å²) in [6.45, 7) is 5.96. The molecule has 1 amide bonds. The summed E-state index contributed by atoms with van der Waals surface area (Å²) in [5.41, 5.74) is 8.26. The Morgan fingerprint density at radius 3 is 2.80 bits per heavy atom. The largest absolute Gasteiger partial charge is 0.382 e. The topological polar surface area (TPSA) is 84.1 Å². The van der Waals surface area contributed by atoms with E-state index in [0.29, 0.717) is 6.54 Å². The van der Waals surface area contributed by atoms with Crippen molar-refractivity contribution in [3.8, 4) is 0 Å². The molecule has 1 aromatic carbocycles. The number of carbonyl (C=O) groups is 1. The number of nitrogens with one attached hydrogen (secondary N) is 1. The molecule has 1 aliphatic heterocycles. The lowest BCUT2D eigenvalue weighted by atomic mass is 9.99. The Balaban J connectivity index is 1.65. The average molecular weight is 339 g/mol. The Labute approximate surface area is 148 Å². The van der Waals surface area contributed by atoms with Gasteiger partial charge in [0, 0.05) is 32.0 Å². The fraction of sp³-hybridized carbons (Fsp3) is 0.421. The van der Waals surface area contributed by atoms with Crippen molar-refractivity contribution in [1.82, 2.24) is 20.2 Å². The zero-order chi connectivity index (χ0) is 17.6. The van der Waals surface area contributed by atoms with Crippen LogP contribution < -0.4 is 11.1 Å². The quantitative estimate of drug-likeness (QED) is 0.872. The summed E-state index contributed by atoms with van der Waals surface area (Å²) in [6, 6.07) is 8.25. The van der Waals surface area contributed by atoms with Crippen molar-refractivity contribution in [2.75, 3.05) is 18.8 Å². The van der Waals surface area contributed by atoms with Gasteiger partial charge in [0.05, 0.1) is 0 Å². The molecular weight excluding hydrogens is 314 g/mol. The third kappa shape index (κ3) is 4.54. The van der Waals surface area contributed by atoms with Crippen molar-refractivity contribution in [2.45, 2.75) is 32.9 Å². The second kappa shape index (κ2) is 8.07. The van der Waals surface area contributed by atoms with Gasteiger partial charge in [0.15, 0.2) is 11.5 Å². The molecule has 1 atom stereocenters. The van der Waals surface area contributed by atoms with Gasteiger partial charge in [-0.1, -0.05) is 31.2 Å². The maximum Gasteiger partial charge on any atom is 0.273 e. The number of hydrogen-bond donors (Lipinski definition) is 2. The second-order valence-corrected chi connectivity index (χ2v) is 6.72. The van der Waals surface area contributed by atoms with Crippen LogP contribution in [0.2, 0.25) is 0 Å². The standard InChI is InChI=1S/C19H25N5O/c1-14-5-4-10-24(12-14)13-16-7-3-2-6-15(16)11-23-19(25)17-18(20)22-9-8-21-17/h2-3,6-9,14H,4-5,10-13H2,1H3,(H2,20,22)(H,23,25)/t14-/m0/s1. The van der Waals surface area contributed by atoms with Crippen molar-refractivity contribution < 1.29 is 4.79 Å². The van der Waals surface area contributed by atoms with E-state index in [-0.39, 0.29) is 17.4 Å². The van der Waals surface area contributed by atoms with E-state index in [1.807, 2.05) is 6.07 Å². The molecule has 6 heteroatoms. The van der Waals surface area contributed by atoms with E-state index >= 15 is 0 Å². The lowest BCUT2D eigenvalue weighted by molar-refractivity contribution is 0.0946. The highest BCUT2D eigenvalue weighted by Crippen LogP contribution is 2.19. The highest BCUT2D eigenvalue weighted by molar-refractivity contribution is 5.96. The molecule has 0 unspecified atom stereocenters. The van der Waals surface area contributed by atoms with Crippen LogP contribution in [-0.4, -0.2) is 33.9 Å². The minimum atomic E-state index is -0.299. The summed E-state index contributed by atoms with van der Waals surface area (Å²) in [4.78, 5) is 22.7. The molecule has 0 aliphatic carbocycles. The first-order valence-electron chi connectivity index (χ1n) is 8.77. The third-order valence-electron chi connectivity index (χ3n) is 4.63. The van der Waals surface area contributed by atoms with E-state index in [9.17, 15) is 4.79 Å². The van der Waals surface area contributed by atoms with Crippen molar-refractivity contribution in [2.24, 2.45) is 5.92 Å². The van der Waals surface area contributed by atoms with Crippen LogP contribution in [0.5, 0.6) is 0 Å². The lowest BCUT2D eigenvalue weighted by Crippen LogP contribution is -2.34. The Morgan fingerprint density at radius 1 is 1.28 bits per heavy atom. The Kier molecular flexibility index (Phi) is 5.60. The van der Waals surface area contributed by atoms with Gasteiger partial charge >= 0.3 is 0 Å². The Hall–Kier alpha value is -2.47. The number of hydrogen-bond acceptors (Lipinski definition) is 5. The van der Waals surface area contributed by atoms with Crippen molar-refractivity contribution >= 4 is 11.7 Å². The number of aromatic nitrogens is 2. The molecule has 2 heterocycles. The number of nitrogens with two attached hydrogens (primary N) is 1. The molecule has 1 aromatic heterocycles. The van der Waals surface area contributed by atoms with Crippen molar-refractivity contribution in [3.05, 3.63) is 53.5 Å². The smallest absolute Gasteiger partial charge is 0.273 e. The van der Waals surface area contributed by atoms with Gasteiger partial charge in [0.25, 0.3) is 5.91 Å². The minimum Gasteiger partial charge on any atom is -0.382 e. The average Bonchev–Trinajstić information content (AvgIpc) is 2.61. The number of carbonyl (C=O) groups excluding carboxylic acids is 1. The van der Waals surface area contributed by atoms with Gasteiger partial charge in [-0.25, -0.2) is 9.97 Å². The summed E-state index contributed by atoms with van der Waals surface area (Å²) in [7, 11) is 0. The molecule has 1 aliphatic rings. The number of nitrogens with zero attached hydrogens (tertiary/aromatic N) is 3. The number of rotatable bonds is 5. The van der Waals surface area contributed by atoms with E-state index in [4.69, 9.17) is 5.73 Å². The number of piperidine rings is 1. The van der Waals surface area contributed by atoms with E-state index < -0.39 is 0 Å². The first kappa shape index (κ1) is 17.4. The van der Waals surface area contributed by atoms with Gasteiger partial charge in [0.1, 0.15) is 0 Å². The van der Waals surface area contributed by atoms with Gasteiger partial charge in [0.2, 0.25) is 0 Å². The van der Waals surface area contributed by atoms with Gasteiger partial charge < -0.3 is 11.1 Å². The second-order valence-electron chi connectivity index (χ2n) is 6.72. The fourth-order valence-electron chi connectivity index (χ4n) is 3.34. The number of anilines is 1. The van der Waals surface area contributed by atoms with Gasteiger partial charge in [-0.2, -0.15) is 0 Å². The number of likely N-dealkylation sites (tertiary alicyclic amines) is 1. The Bertz CT molecular complexity index is 733. The first-order valence-corrected chi connectivity index (χ1v) is 8.77. The molecular formula is C19H25N5O. The molecule has 1 fully saturated rings. The maximum absolute atomic E-state index is 12.3. The maximum atomic E-state index is 12.3. The highest BCUT2D eigenvalue weighted by atomic mass is 16.1. The predicted octanol–water partition coefficient (Wildman–Crippen LogP) is 2.22. The lowest BCUT2D eigenvalue weighted by Gasteiger charge is -2.31. The summed E-state index contributed by atoms with van der Waals surface area (Å²) >= 11 is 0. The van der Waals surface area contributed by atoms with Crippen LogP contribution in [0.3, 0.4) is 0 Å². The minimum absolute atomic E-state index is 0.149. The van der Waals surface area contributed by atoms with Gasteiger partial charge in [-0.3, -0.25) is 9.69 Å². The van der Waals surface area contributed by atoms with E-state index in [1.54, 1.807) is 0 Å². The van der Waals surface area contributed by atoms with Crippen LogP contribution in [0, 0.1) is 5.92 Å². The number of benzene rings is 1. The Morgan fingerprint density at radius 2 is 2.04 bits per heavy atom. The SMILES string of the molecule is C[C@H]1CCCN(Cc2ccccc2CNC(=O)c2nccnc2N)C1. The van der Waals surface area contributed by atoms with E-state index in [0.717, 1.165) is 31.1 Å². The summed E-state index contributed by atoms with van der Waals surface area (Å²) in [5.74, 6) is 0.600. The van der Waals surface area contributed by atoms with Crippen molar-refractivity contribution in [3.63, 3.8) is 0 Å². The normalized spacial score (nSPS) is 18.0. The molecule has 132 valence electrons. The monoisotopic (exact) mass is 339 g/mol.